The zero-order valence-corrected chi connectivity index (χ0v) is 15.0. The average Bonchev–Trinajstić information content (AvgIpc) is 2.92. The van der Waals surface area contributed by atoms with E-state index in [9.17, 15) is 5.11 Å². The summed E-state index contributed by atoms with van der Waals surface area (Å²) in [6.45, 7) is 7.37. The quantitative estimate of drug-likeness (QED) is 0.512. The van der Waals surface area contributed by atoms with Crippen LogP contribution in [0.1, 0.15) is 49.5 Å². The number of aliphatic hydroxyl groups excluding tert-OH is 1. The Hall–Kier alpha value is -2.22. The smallest absolute Gasteiger partial charge is 0.163 e. The van der Waals surface area contributed by atoms with Crippen LogP contribution in [-0.2, 0) is 16.5 Å². The van der Waals surface area contributed by atoms with Gasteiger partial charge < -0.3 is 5.11 Å². The van der Waals surface area contributed by atoms with Crippen LogP contribution in [0.4, 0.5) is 0 Å². The summed E-state index contributed by atoms with van der Waals surface area (Å²) in [5, 5.41) is 23.3. The number of nitriles is 1. The van der Waals surface area contributed by atoms with Gasteiger partial charge in [-0.2, -0.15) is 28.6 Å². The second-order valence-corrected chi connectivity index (χ2v) is 5.25. The van der Waals surface area contributed by atoms with Gasteiger partial charge in [0.15, 0.2) is 5.69 Å². The second kappa shape index (κ2) is 8.58. The molecule has 24 heavy (non-hydrogen) atoms. The normalized spacial score (nSPS) is 12.8. The van der Waals surface area contributed by atoms with Crippen molar-refractivity contribution in [2.75, 3.05) is 0 Å². The van der Waals surface area contributed by atoms with Gasteiger partial charge in [-0.1, -0.05) is 26.0 Å². The fraction of sp³-hybridized carbons (Fsp3) is 0.278. The Morgan fingerprint density at radius 1 is 1.46 bits per heavy atom. The van der Waals surface area contributed by atoms with Gasteiger partial charge in [-0.05, 0) is 25.6 Å². The molecule has 2 rings (SSSR count). The fourth-order valence-electron chi connectivity index (χ4n) is 2.19. The average molecular weight is 366 g/mol. The van der Waals surface area contributed by atoms with Crippen LogP contribution < -0.4 is 0 Å². The third-order valence-corrected chi connectivity index (χ3v) is 3.41. The van der Waals surface area contributed by atoms with Gasteiger partial charge in [0.1, 0.15) is 11.9 Å². The molecule has 5 nitrogen and oxygen atoms in total. The van der Waals surface area contributed by atoms with E-state index >= 15 is 0 Å². The largest absolute Gasteiger partial charge is 0.389 e. The molecule has 0 aliphatic rings. The first-order valence-corrected chi connectivity index (χ1v) is 7.35. The van der Waals surface area contributed by atoms with Crippen molar-refractivity contribution >= 4 is 5.57 Å². The molecule has 0 fully saturated rings. The van der Waals surface area contributed by atoms with E-state index < -0.39 is 6.10 Å². The maximum Gasteiger partial charge on any atom is 0.163 e. The van der Waals surface area contributed by atoms with Crippen molar-refractivity contribution in [3.63, 3.8) is 0 Å². The van der Waals surface area contributed by atoms with Gasteiger partial charge in [0.25, 0.3) is 0 Å². The molecule has 2 heterocycles. The predicted molar refractivity (Wildman–Crippen MR) is 88.6 cm³/mol. The van der Waals surface area contributed by atoms with Crippen LogP contribution in [0, 0.1) is 24.3 Å². The summed E-state index contributed by atoms with van der Waals surface area (Å²) in [6.07, 6.45) is 6.17. The first-order valence-electron chi connectivity index (χ1n) is 7.35. The first kappa shape index (κ1) is 19.8. The Balaban J connectivity index is 0.00000288. The van der Waals surface area contributed by atoms with Gasteiger partial charge in [-0.25, -0.2) is 4.68 Å². The van der Waals surface area contributed by atoms with Crippen LogP contribution >= 0.6 is 0 Å². The standard InChI is InChI=1S/C18H19N4O.Ni/c1-5-6-7-12(2)17-9-8-16(14(4)23)18(20-17)22-13(3)10-15(11-19)21-22;/h5-6,8-10,14,23H,1-4H3;/q-1;/b6-5-;/t14-;/m1./s1. The summed E-state index contributed by atoms with van der Waals surface area (Å²) in [7, 11) is 0. The summed E-state index contributed by atoms with van der Waals surface area (Å²) in [4.78, 5) is 4.62. The van der Waals surface area contributed by atoms with Crippen LogP contribution in [0.5, 0.6) is 0 Å². The third-order valence-electron chi connectivity index (χ3n) is 3.41. The minimum Gasteiger partial charge on any atom is -0.389 e. The molecule has 0 spiro atoms. The molecular weight excluding hydrogens is 347 g/mol. The van der Waals surface area contributed by atoms with E-state index in [0.717, 1.165) is 17.0 Å². The molecule has 2 aromatic heterocycles. The zero-order chi connectivity index (χ0) is 17.0. The molecule has 2 aromatic rings. The molecule has 0 aliphatic carbocycles. The number of nitrogens with zero attached hydrogens (tertiary/aromatic N) is 4. The maximum absolute atomic E-state index is 10.0. The number of pyridine rings is 1. The monoisotopic (exact) mass is 365 g/mol. The van der Waals surface area contributed by atoms with Crippen molar-refractivity contribution in [2.45, 2.75) is 33.8 Å². The van der Waals surface area contributed by atoms with Crippen LogP contribution in [0.3, 0.4) is 0 Å². The van der Waals surface area contributed by atoms with E-state index in [0.29, 0.717) is 17.1 Å². The molecule has 0 saturated heterocycles. The molecule has 0 aliphatic heterocycles. The van der Waals surface area contributed by atoms with Crippen molar-refractivity contribution in [2.24, 2.45) is 0 Å². The van der Waals surface area contributed by atoms with Gasteiger partial charge in [-0.15, -0.1) is 5.57 Å². The van der Waals surface area contributed by atoms with Crippen molar-refractivity contribution in [3.05, 3.63) is 59.1 Å². The molecule has 0 unspecified atom stereocenters. The number of aromatic nitrogens is 3. The number of hydrogen-bond donors (Lipinski definition) is 1. The minimum atomic E-state index is -0.690. The van der Waals surface area contributed by atoms with Crippen LogP contribution in [0.15, 0.2) is 30.4 Å². The first-order chi connectivity index (χ1) is 11.0. The third kappa shape index (κ3) is 4.20. The van der Waals surface area contributed by atoms with Crippen molar-refractivity contribution in [1.29, 1.82) is 5.26 Å². The number of allylic oxidation sites excluding steroid dienone is 4. The number of aliphatic hydroxyl groups is 1. The summed E-state index contributed by atoms with van der Waals surface area (Å²) in [5.41, 5.74) is 3.39. The van der Waals surface area contributed by atoms with Crippen LogP contribution in [0.25, 0.3) is 11.4 Å². The van der Waals surface area contributed by atoms with Crippen molar-refractivity contribution in [1.82, 2.24) is 14.8 Å². The van der Waals surface area contributed by atoms with Crippen LogP contribution in [0.2, 0.25) is 0 Å². The SMILES string of the molecule is C/C=C\[C-]=C(C)c1ccc([C@@H](C)O)c(-n2nc(C#N)cc2C)n1.[Ni]. The maximum atomic E-state index is 10.0. The number of hydrogen-bond acceptors (Lipinski definition) is 4. The molecule has 0 amide bonds. The van der Waals surface area contributed by atoms with Crippen molar-refractivity contribution in [3.8, 4) is 11.9 Å². The Bertz CT molecular complexity index is 813. The Labute approximate surface area is 152 Å². The molecule has 6 heteroatoms. The van der Waals surface area contributed by atoms with Crippen LogP contribution in [-0.4, -0.2) is 19.9 Å². The molecule has 0 bridgehead atoms. The molecule has 0 saturated carbocycles. The molecule has 0 aromatic carbocycles. The topological polar surface area (TPSA) is 74.7 Å². The zero-order valence-electron chi connectivity index (χ0n) is 14.0. The van der Waals surface area contributed by atoms with Gasteiger partial charge in [-0.3, -0.25) is 4.98 Å². The van der Waals surface area contributed by atoms with Gasteiger partial charge >= 0.3 is 0 Å². The van der Waals surface area contributed by atoms with Crippen molar-refractivity contribution < 1.29 is 21.6 Å². The Morgan fingerprint density at radius 2 is 2.17 bits per heavy atom. The molecular formula is C18H19N4NiO-. The minimum absolute atomic E-state index is 0. The summed E-state index contributed by atoms with van der Waals surface area (Å²) < 4.78 is 1.59. The van der Waals surface area contributed by atoms with Gasteiger partial charge in [0.2, 0.25) is 0 Å². The van der Waals surface area contributed by atoms with E-state index in [-0.39, 0.29) is 16.5 Å². The molecule has 0 radical (unpaired) electrons. The molecule has 128 valence electrons. The fourth-order valence-corrected chi connectivity index (χ4v) is 2.19. The Kier molecular flexibility index (Phi) is 7.09. The van der Waals surface area contributed by atoms with E-state index in [1.54, 1.807) is 17.7 Å². The Morgan fingerprint density at radius 3 is 2.71 bits per heavy atom. The number of rotatable bonds is 4. The van der Waals surface area contributed by atoms with Gasteiger partial charge in [0, 0.05) is 27.7 Å². The van der Waals surface area contributed by atoms with E-state index in [1.807, 2.05) is 51.1 Å². The summed E-state index contributed by atoms with van der Waals surface area (Å²) in [6, 6.07) is 7.39. The van der Waals surface area contributed by atoms with Gasteiger partial charge in [0.05, 0.1) is 6.10 Å². The van der Waals surface area contributed by atoms with E-state index in [2.05, 4.69) is 16.2 Å². The molecule has 1 atom stereocenters. The predicted octanol–water partition coefficient (Wildman–Crippen LogP) is 3.28. The second-order valence-electron chi connectivity index (χ2n) is 5.25. The summed E-state index contributed by atoms with van der Waals surface area (Å²) >= 11 is 0. The van der Waals surface area contributed by atoms with E-state index in [4.69, 9.17) is 5.26 Å². The van der Waals surface area contributed by atoms with E-state index in [1.165, 1.54) is 0 Å². The molecule has 1 N–H and O–H groups in total. The summed E-state index contributed by atoms with van der Waals surface area (Å²) in [5.74, 6) is 0.526. The number of aryl methyl sites for hydroxylation is 1.